The second-order valence-corrected chi connectivity index (χ2v) is 11.5. The minimum absolute atomic E-state index is 0. The molecule has 0 atom stereocenters. The first-order valence-electron chi connectivity index (χ1n) is 13.3. The van der Waals surface area contributed by atoms with E-state index in [0.29, 0.717) is 26.9 Å². The van der Waals surface area contributed by atoms with Gasteiger partial charge in [-0.2, -0.15) is 0 Å². The SMILES string of the molecule is O=C(NCc1ccc(F)cc1F)c1cnc(N2CCN(C3CCN(Cc4ccc(Cl)cc4Cl)CC3)CC2)c(Cl)c1.[HH]. The Kier molecular flexibility index (Phi) is 9.43. The Morgan fingerprint density at radius 3 is 2.33 bits per heavy atom. The van der Waals surface area contributed by atoms with E-state index in [9.17, 15) is 13.6 Å². The molecule has 214 valence electrons. The molecule has 2 aromatic carbocycles. The third-order valence-corrected chi connectivity index (χ3v) is 8.50. The Labute approximate surface area is 249 Å². The van der Waals surface area contributed by atoms with Crippen molar-refractivity contribution in [2.75, 3.05) is 44.2 Å². The summed E-state index contributed by atoms with van der Waals surface area (Å²) in [6.07, 6.45) is 3.69. The van der Waals surface area contributed by atoms with Crippen molar-refractivity contribution in [1.82, 2.24) is 20.1 Å². The zero-order valence-electron chi connectivity index (χ0n) is 21.9. The van der Waals surface area contributed by atoms with Gasteiger partial charge in [-0.3, -0.25) is 14.6 Å². The van der Waals surface area contributed by atoms with Gasteiger partial charge in [0.15, 0.2) is 0 Å². The summed E-state index contributed by atoms with van der Waals surface area (Å²) in [5, 5.41) is 4.39. The van der Waals surface area contributed by atoms with E-state index in [1.807, 2.05) is 12.1 Å². The van der Waals surface area contributed by atoms with Gasteiger partial charge in [0.05, 0.1) is 10.6 Å². The summed E-state index contributed by atoms with van der Waals surface area (Å²) in [6, 6.07) is 11.1. The second-order valence-electron chi connectivity index (χ2n) is 10.2. The van der Waals surface area contributed by atoms with Crippen LogP contribution < -0.4 is 10.2 Å². The third kappa shape index (κ3) is 7.04. The number of halogens is 5. The molecule has 0 bridgehead atoms. The van der Waals surface area contributed by atoms with Crippen LogP contribution in [0.2, 0.25) is 15.1 Å². The molecule has 0 spiro atoms. The van der Waals surface area contributed by atoms with E-state index in [4.69, 9.17) is 34.8 Å². The van der Waals surface area contributed by atoms with Gasteiger partial charge in [-0.05, 0) is 55.8 Å². The topological polar surface area (TPSA) is 51.7 Å². The zero-order valence-corrected chi connectivity index (χ0v) is 24.1. The van der Waals surface area contributed by atoms with Gasteiger partial charge in [-0.25, -0.2) is 13.8 Å². The van der Waals surface area contributed by atoms with Gasteiger partial charge in [-0.15, -0.1) is 0 Å². The standard InChI is InChI=1S/C29H30Cl3F2N5O.H2/c30-22-3-1-20(25(31)14-22)18-37-7-5-24(6-8-37)38-9-11-39(12-10-38)28-26(32)13-21(17-35-28)29(40)36-16-19-2-4-23(33)15-27(19)34;/h1-4,13-15,17,24H,5-12,16,18H2,(H,36,40);1H. The predicted octanol–water partition coefficient (Wildman–Crippen LogP) is 6.28. The van der Waals surface area contributed by atoms with Crippen LogP contribution in [0.25, 0.3) is 0 Å². The highest BCUT2D eigenvalue weighted by molar-refractivity contribution is 6.35. The van der Waals surface area contributed by atoms with E-state index in [1.54, 1.807) is 12.1 Å². The summed E-state index contributed by atoms with van der Waals surface area (Å²) in [7, 11) is 0. The molecular weight excluding hydrogens is 579 g/mol. The first kappa shape index (κ1) is 29.0. The van der Waals surface area contributed by atoms with Crippen molar-refractivity contribution in [3.63, 3.8) is 0 Å². The second kappa shape index (κ2) is 13.0. The first-order chi connectivity index (χ1) is 19.3. The van der Waals surface area contributed by atoms with Crippen LogP contribution in [0, 0.1) is 11.6 Å². The summed E-state index contributed by atoms with van der Waals surface area (Å²) < 4.78 is 27.0. The van der Waals surface area contributed by atoms with Crippen LogP contribution >= 0.6 is 34.8 Å². The number of carbonyl (C=O) groups excluding carboxylic acids is 1. The van der Waals surface area contributed by atoms with Gasteiger partial charge in [0.25, 0.3) is 5.91 Å². The minimum atomic E-state index is -0.709. The van der Waals surface area contributed by atoms with E-state index in [-0.39, 0.29) is 19.1 Å². The fourth-order valence-corrected chi connectivity index (χ4v) is 6.12. The van der Waals surface area contributed by atoms with E-state index in [0.717, 1.165) is 76.4 Å². The molecule has 3 heterocycles. The lowest BCUT2D eigenvalue weighted by Crippen LogP contribution is -2.53. The lowest BCUT2D eigenvalue weighted by atomic mass is 10.0. The van der Waals surface area contributed by atoms with Gasteiger partial charge in [0, 0.05) is 74.6 Å². The van der Waals surface area contributed by atoms with Crippen LogP contribution in [0.5, 0.6) is 0 Å². The summed E-state index contributed by atoms with van der Waals surface area (Å²) >= 11 is 18.9. The molecule has 2 aliphatic heterocycles. The molecule has 1 amide bonds. The lowest BCUT2D eigenvalue weighted by Gasteiger charge is -2.43. The summed E-state index contributed by atoms with van der Waals surface area (Å²) in [5.74, 6) is -1.16. The van der Waals surface area contributed by atoms with Crippen molar-refractivity contribution in [3.8, 4) is 0 Å². The van der Waals surface area contributed by atoms with Crippen LogP contribution in [0.3, 0.4) is 0 Å². The van der Waals surface area contributed by atoms with E-state index in [2.05, 4.69) is 25.0 Å². The number of hydrogen-bond acceptors (Lipinski definition) is 5. The van der Waals surface area contributed by atoms with Crippen molar-refractivity contribution >= 4 is 46.5 Å². The Hall–Kier alpha value is -2.49. The molecule has 3 aromatic rings. The molecule has 5 rings (SSSR count). The van der Waals surface area contributed by atoms with Gasteiger partial charge in [-0.1, -0.05) is 46.9 Å². The Morgan fingerprint density at radius 2 is 1.65 bits per heavy atom. The Morgan fingerprint density at radius 1 is 0.925 bits per heavy atom. The third-order valence-electron chi connectivity index (χ3n) is 7.63. The molecular formula is C29H32Cl3F2N5O. The zero-order chi connectivity index (χ0) is 28.2. The molecule has 0 aliphatic carbocycles. The van der Waals surface area contributed by atoms with Gasteiger partial charge < -0.3 is 10.2 Å². The van der Waals surface area contributed by atoms with Gasteiger partial charge in [0.2, 0.25) is 0 Å². The molecule has 2 saturated heterocycles. The number of pyridine rings is 1. The summed E-state index contributed by atoms with van der Waals surface area (Å²) in [4.78, 5) is 24.2. The number of nitrogens with zero attached hydrogens (tertiary/aromatic N) is 4. The highest BCUT2D eigenvalue weighted by Gasteiger charge is 2.29. The number of benzene rings is 2. The maximum absolute atomic E-state index is 13.9. The average molecular weight is 611 g/mol. The van der Waals surface area contributed by atoms with Crippen molar-refractivity contribution in [2.45, 2.75) is 32.0 Å². The van der Waals surface area contributed by atoms with Crippen molar-refractivity contribution in [1.29, 1.82) is 0 Å². The number of piperidine rings is 1. The number of nitrogens with one attached hydrogen (secondary N) is 1. The largest absolute Gasteiger partial charge is 0.353 e. The van der Waals surface area contributed by atoms with Gasteiger partial charge >= 0.3 is 0 Å². The smallest absolute Gasteiger partial charge is 0.253 e. The number of piperazine rings is 1. The average Bonchev–Trinajstić information content (AvgIpc) is 2.94. The summed E-state index contributed by atoms with van der Waals surface area (Å²) in [5.41, 5.74) is 1.58. The van der Waals surface area contributed by atoms with Crippen molar-refractivity contribution in [2.24, 2.45) is 0 Å². The minimum Gasteiger partial charge on any atom is -0.353 e. The molecule has 1 aromatic heterocycles. The van der Waals surface area contributed by atoms with Crippen LogP contribution in [0.1, 0.15) is 35.8 Å². The summed E-state index contributed by atoms with van der Waals surface area (Å²) in [6.45, 7) is 6.22. The van der Waals surface area contributed by atoms with Crippen LogP contribution in [0.15, 0.2) is 48.7 Å². The molecule has 11 heteroatoms. The van der Waals surface area contributed by atoms with Crippen molar-refractivity contribution in [3.05, 3.63) is 92.1 Å². The highest BCUT2D eigenvalue weighted by atomic mass is 35.5. The molecule has 2 fully saturated rings. The first-order valence-corrected chi connectivity index (χ1v) is 14.4. The van der Waals surface area contributed by atoms with Crippen LogP contribution in [0.4, 0.5) is 14.6 Å². The molecule has 2 aliphatic rings. The van der Waals surface area contributed by atoms with E-state index >= 15 is 0 Å². The quantitative estimate of drug-likeness (QED) is 0.341. The van der Waals surface area contributed by atoms with E-state index < -0.39 is 17.5 Å². The highest BCUT2D eigenvalue weighted by Crippen LogP contribution is 2.28. The van der Waals surface area contributed by atoms with Crippen LogP contribution in [-0.4, -0.2) is 66.0 Å². The predicted molar refractivity (Wildman–Crippen MR) is 157 cm³/mol. The number of anilines is 1. The monoisotopic (exact) mass is 609 g/mol. The van der Waals surface area contributed by atoms with E-state index in [1.165, 1.54) is 12.3 Å². The maximum Gasteiger partial charge on any atom is 0.253 e. The molecule has 0 radical (unpaired) electrons. The number of carbonyl (C=O) groups is 1. The number of likely N-dealkylation sites (tertiary alicyclic amines) is 1. The number of hydrogen-bond donors (Lipinski definition) is 1. The molecule has 1 N–H and O–H groups in total. The Bertz CT molecular complexity index is 1370. The number of aromatic nitrogens is 1. The maximum atomic E-state index is 13.9. The molecule has 6 nitrogen and oxygen atoms in total. The fourth-order valence-electron chi connectivity index (χ4n) is 5.36. The molecule has 0 saturated carbocycles. The number of rotatable bonds is 7. The fraction of sp³-hybridized carbons (Fsp3) is 0.379. The van der Waals surface area contributed by atoms with Crippen molar-refractivity contribution < 1.29 is 15.0 Å². The molecule has 40 heavy (non-hydrogen) atoms. The molecule has 0 unspecified atom stereocenters. The Balaban J connectivity index is 0.00000387. The van der Waals surface area contributed by atoms with Gasteiger partial charge in [0.1, 0.15) is 17.5 Å². The van der Waals surface area contributed by atoms with Crippen LogP contribution in [-0.2, 0) is 13.1 Å². The lowest BCUT2D eigenvalue weighted by molar-refractivity contribution is 0.0950. The normalized spacial score (nSPS) is 17.3. The number of amides is 1.